The number of pyridine rings is 1. The summed E-state index contributed by atoms with van der Waals surface area (Å²) in [5, 5.41) is 13.7. The highest BCUT2D eigenvalue weighted by Gasteiger charge is 2.38. The van der Waals surface area contributed by atoms with Gasteiger partial charge in [-0.2, -0.15) is 14.6 Å². The lowest BCUT2D eigenvalue weighted by atomic mass is 10.1. The zero-order valence-corrected chi connectivity index (χ0v) is 19.6. The van der Waals surface area contributed by atoms with Gasteiger partial charge in [0.15, 0.2) is 0 Å². The average molecular weight is 490 g/mol. The molecule has 5 heterocycles. The second-order valence-corrected chi connectivity index (χ2v) is 9.39. The molecule has 36 heavy (non-hydrogen) atoms. The van der Waals surface area contributed by atoms with Crippen molar-refractivity contribution in [1.29, 1.82) is 0 Å². The molecule has 0 aromatic carbocycles. The van der Waals surface area contributed by atoms with Gasteiger partial charge in [-0.05, 0) is 31.2 Å². The molecule has 2 fully saturated rings. The topological polar surface area (TPSA) is 122 Å². The first-order valence-corrected chi connectivity index (χ1v) is 11.8. The molecule has 1 saturated carbocycles. The lowest BCUT2D eigenvalue weighted by Crippen LogP contribution is -2.38. The number of piperidine rings is 1. The van der Waals surface area contributed by atoms with E-state index in [0.29, 0.717) is 28.9 Å². The van der Waals surface area contributed by atoms with Gasteiger partial charge in [0.1, 0.15) is 0 Å². The van der Waals surface area contributed by atoms with Gasteiger partial charge in [0, 0.05) is 31.4 Å². The molecule has 0 radical (unpaired) electrons. The fraction of sp³-hybridized carbons (Fsp3) is 0.333. The Balaban J connectivity index is 1.15. The Kier molecular flexibility index (Phi) is 5.44. The number of rotatable bonds is 6. The SMILES string of the molecule is Cn1cc(-c2cn3ncc(C(=O)Nc4cc(NC(=O)CN5C[C@H]6CC[C@@H]5C6)cnc4F)c3cn2)cn1. The molecule has 1 saturated heterocycles. The highest BCUT2D eigenvalue weighted by atomic mass is 19.1. The lowest BCUT2D eigenvalue weighted by molar-refractivity contribution is -0.117. The van der Waals surface area contributed by atoms with Crippen LogP contribution < -0.4 is 10.6 Å². The number of halogens is 1. The summed E-state index contributed by atoms with van der Waals surface area (Å²) in [6.07, 6.45) is 12.9. The second kappa shape index (κ2) is 8.79. The van der Waals surface area contributed by atoms with Gasteiger partial charge in [-0.1, -0.05) is 0 Å². The number of amides is 2. The van der Waals surface area contributed by atoms with E-state index >= 15 is 0 Å². The summed E-state index contributed by atoms with van der Waals surface area (Å²) in [5.41, 5.74) is 2.30. The second-order valence-electron chi connectivity index (χ2n) is 9.39. The first-order valence-electron chi connectivity index (χ1n) is 11.8. The summed E-state index contributed by atoms with van der Waals surface area (Å²) in [4.78, 5) is 35.8. The van der Waals surface area contributed by atoms with Gasteiger partial charge in [-0.15, -0.1) is 0 Å². The third kappa shape index (κ3) is 4.19. The Bertz CT molecular complexity index is 1480. The van der Waals surface area contributed by atoms with Crippen molar-refractivity contribution in [2.75, 3.05) is 23.7 Å². The van der Waals surface area contributed by atoms with Crippen LogP contribution in [-0.4, -0.2) is 65.2 Å². The molecule has 184 valence electrons. The normalized spacial score (nSPS) is 19.2. The van der Waals surface area contributed by atoms with Crippen molar-refractivity contribution in [3.63, 3.8) is 0 Å². The quantitative estimate of drug-likeness (QED) is 0.399. The van der Waals surface area contributed by atoms with Crippen molar-refractivity contribution in [3.05, 3.63) is 54.8 Å². The van der Waals surface area contributed by atoms with Crippen molar-refractivity contribution in [3.8, 4) is 11.3 Å². The van der Waals surface area contributed by atoms with Gasteiger partial charge in [0.2, 0.25) is 11.9 Å². The number of hydrogen-bond donors (Lipinski definition) is 2. The Morgan fingerprint density at radius 1 is 1.08 bits per heavy atom. The Morgan fingerprint density at radius 3 is 2.72 bits per heavy atom. The molecule has 1 aliphatic carbocycles. The van der Waals surface area contributed by atoms with E-state index in [4.69, 9.17) is 0 Å². The third-order valence-corrected chi connectivity index (χ3v) is 6.89. The zero-order valence-electron chi connectivity index (χ0n) is 19.6. The predicted octanol–water partition coefficient (Wildman–Crippen LogP) is 2.34. The number of carbonyl (C=O) groups is 2. The van der Waals surface area contributed by atoms with Crippen LogP contribution in [0.5, 0.6) is 0 Å². The maximum atomic E-state index is 14.4. The van der Waals surface area contributed by atoms with E-state index in [-0.39, 0.29) is 23.7 Å². The number of nitrogens with zero attached hydrogens (tertiary/aromatic N) is 7. The summed E-state index contributed by atoms with van der Waals surface area (Å²) in [7, 11) is 1.81. The Morgan fingerprint density at radius 2 is 1.97 bits per heavy atom. The van der Waals surface area contributed by atoms with E-state index in [1.54, 1.807) is 17.1 Å². The van der Waals surface area contributed by atoms with Crippen LogP contribution in [0.15, 0.2) is 43.2 Å². The zero-order chi connectivity index (χ0) is 24.8. The molecular weight excluding hydrogens is 465 g/mol. The minimum atomic E-state index is -0.855. The molecule has 2 aliphatic rings. The van der Waals surface area contributed by atoms with Crippen LogP contribution in [0, 0.1) is 11.9 Å². The molecular formula is C24H24FN9O2. The molecule has 2 N–H and O–H groups in total. The maximum Gasteiger partial charge on any atom is 0.259 e. The highest BCUT2D eigenvalue weighted by Crippen LogP contribution is 2.37. The number of aryl methyl sites for hydroxylation is 1. The molecule has 0 spiro atoms. The summed E-state index contributed by atoms with van der Waals surface area (Å²) in [6, 6.07) is 1.83. The molecule has 12 heteroatoms. The molecule has 1 aliphatic heterocycles. The summed E-state index contributed by atoms with van der Waals surface area (Å²) in [5.74, 6) is -0.926. The number of aromatic nitrogens is 6. The molecule has 6 rings (SSSR count). The molecule has 4 aromatic rings. The minimum absolute atomic E-state index is 0.141. The molecule has 2 atom stereocenters. The molecule has 2 amide bonds. The van der Waals surface area contributed by atoms with E-state index in [2.05, 4.69) is 35.7 Å². The number of likely N-dealkylation sites (tertiary alicyclic amines) is 1. The first kappa shape index (κ1) is 22.3. The van der Waals surface area contributed by atoms with Crippen LogP contribution in [-0.2, 0) is 11.8 Å². The van der Waals surface area contributed by atoms with E-state index in [9.17, 15) is 14.0 Å². The molecule has 0 unspecified atom stereocenters. The van der Waals surface area contributed by atoms with Gasteiger partial charge < -0.3 is 10.6 Å². The van der Waals surface area contributed by atoms with Gasteiger partial charge in [-0.25, -0.2) is 9.50 Å². The number of anilines is 2. The van der Waals surface area contributed by atoms with Crippen LogP contribution in [0.1, 0.15) is 29.6 Å². The van der Waals surface area contributed by atoms with Crippen molar-refractivity contribution in [1.82, 2.24) is 34.3 Å². The predicted molar refractivity (Wildman–Crippen MR) is 129 cm³/mol. The summed E-state index contributed by atoms with van der Waals surface area (Å²) >= 11 is 0. The van der Waals surface area contributed by atoms with Crippen molar-refractivity contribution in [2.45, 2.75) is 25.3 Å². The van der Waals surface area contributed by atoms with Crippen LogP contribution in [0.3, 0.4) is 0 Å². The van der Waals surface area contributed by atoms with E-state index in [0.717, 1.165) is 24.9 Å². The number of fused-ring (bicyclic) bond motifs is 3. The van der Waals surface area contributed by atoms with Gasteiger partial charge >= 0.3 is 0 Å². The van der Waals surface area contributed by atoms with Crippen molar-refractivity contribution >= 4 is 28.7 Å². The molecule has 2 bridgehead atoms. The van der Waals surface area contributed by atoms with Gasteiger partial charge in [-0.3, -0.25) is 24.2 Å². The van der Waals surface area contributed by atoms with Gasteiger partial charge in [0.05, 0.1) is 65.7 Å². The number of carbonyl (C=O) groups excluding carboxylic acids is 2. The number of hydrogen-bond acceptors (Lipinski definition) is 7. The molecule has 4 aromatic heterocycles. The maximum absolute atomic E-state index is 14.4. The Hall–Kier alpha value is -4.19. The molecule has 11 nitrogen and oxygen atoms in total. The Labute approximate surface area is 205 Å². The summed E-state index contributed by atoms with van der Waals surface area (Å²) < 4.78 is 17.6. The third-order valence-electron chi connectivity index (χ3n) is 6.89. The minimum Gasteiger partial charge on any atom is -0.324 e. The van der Waals surface area contributed by atoms with Crippen LogP contribution in [0.2, 0.25) is 0 Å². The van der Waals surface area contributed by atoms with Crippen LogP contribution in [0.4, 0.5) is 15.8 Å². The van der Waals surface area contributed by atoms with Crippen LogP contribution >= 0.6 is 0 Å². The van der Waals surface area contributed by atoms with Crippen molar-refractivity contribution < 1.29 is 14.0 Å². The van der Waals surface area contributed by atoms with E-state index in [1.807, 2.05) is 13.2 Å². The highest BCUT2D eigenvalue weighted by molar-refractivity contribution is 6.09. The smallest absolute Gasteiger partial charge is 0.259 e. The monoisotopic (exact) mass is 489 g/mol. The van der Waals surface area contributed by atoms with Gasteiger partial charge in [0.25, 0.3) is 5.91 Å². The fourth-order valence-electron chi connectivity index (χ4n) is 5.16. The van der Waals surface area contributed by atoms with Crippen molar-refractivity contribution in [2.24, 2.45) is 13.0 Å². The van der Waals surface area contributed by atoms with E-state index < -0.39 is 11.9 Å². The largest absolute Gasteiger partial charge is 0.324 e. The standard InChI is InChI=1S/C24H24FN9O2/c1-32-11-15(6-28-32)20-12-34-21(9-26-20)18(8-29-34)24(36)31-19-5-16(7-27-23(19)25)30-22(35)13-33-10-14-2-3-17(33)4-14/h5-9,11-12,14,17H,2-4,10,13H2,1H3,(H,30,35)(H,31,36)/t14-,17+/m0/s1. The summed E-state index contributed by atoms with van der Waals surface area (Å²) in [6.45, 7) is 1.23. The fourth-order valence-corrected chi connectivity index (χ4v) is 5.16. The lowest BCUT2D eigenvalue weighted by Gasteiger charge is -2.25. The first-order chi connectivity index (χ1) is 17.4. The van der Waals surface area contributed by atoms with E-state index in [1.165, 1.54) is 35.6 Å². The average Bonchev–Trinajstić information content (AvgIpc) is 3.65. The van der Waals surface area contributed by atoms with Crippen LogP contribution in [0.25, 0.3) is 16.8 Å². The number of nitrogens with one attached hydrogen (secondary N) is 2.